The molecule has 140 valence electrons. The summed E-state index contributed by atoms with van der Waals surface area (Å²) in [5.74, 6) is -0.284. The molecule has 0 aliphatic carbocycles. The Morgan fingerprint density at radius 3 is 2.71 bits per heavy atom. The average Bonchev–Trinajstić information content (AvgIpc) is 3.29. The molecule has 0 spiro atoms. The third-order valence-electron chi connectivity index (χ3n) is 4.29. The average molecular weight is 425 g/mol. The number of hydrogen-bond acceptors (Lipinski definition) is 5. The molecular weight excluding hydrogens is 408 g/mol. The SMILES string of the molecule is O=C(CCN1C(=O)/C(=C/c2cccs2)SC1=S)Nc1ccc2ccccc2c1. The zero-order valence-electron chi connectivity index (χ0n) is 14.8. The Balaban J connectivity index is 1.37. The first-order valence-corrected chi connectivity index (χ1v) is 10.8. The first-order chi connectivity index (χ1) is 13.6. The Morgan fingerprint density at radius 1 is 1.11 bits per heavy atom. The second-order valence-electron chi connectivity index (χ2n) is 6.21. The summed E-state index contributed by atoms with van der Waals surface area (Å²) in [5.41, 5.74) is 0.742. The van der Waals surface area contributed by atoms with Crippen molar-refractivity contribution in [3.8, 4) is 0 Å². The summed E-state index contributed by atoms with van der Waals surface area (Å²) >= 11 is 8.17. The summed E-state index contributed by atoms with van der Waals surface area (Å²) < 4.78 is 0.492. The summed E-state index contributed by atoms with van der Waals surface area (Å²) in [6, 6.07) is 17.7. The van der Waals surface area contributed by atoms with Crippen LogP contribution in [0.25, 0.3) is 16.8 Å². The van der Waals surface area contributed by atoms with Crippen molar-refractivity contribution in [3.05, 3.63) is 69.8 Å². The second-order valence-corrected chi connectivity index (χ2v) is 8.86. The van der Waals surface area contributed by atoms with Crippen LogP contribution in [0.2, 0.25) is 0 Å². The van der Waals surface area contributed by atoms with Crippen LogP contribution in [0.15, 0.2) is 64.9 Å². The Labute approximate surface area is 176 Å². The molecule has 1 aromatic heterocycles. The molecule has 3 aromatic rings. The van der Waals surface area contributed by atoms with Crippen LogP contribution in [0, 0.1) is 0 Å². The van der Waals surface area contributed by atoms with Gasteiger partial charge in [0.25, 0.3) is 5.91 Å². The summed E-state index contributed by atoms with van der Waals surface area (Å²) in [4.78, 5) is 28.0. The lowest BCUT2D eigenvalue weighted by Gasteiger charge is -2.14. The minimum absolute atomic E-state index is 0.137. The lowest BCUT2D eigenvalue weighted by atomic mass is 10.1. The van der Waals surface area contributed by atoms with E-state index in [1.807, 2.05) is 66.1 Å². The Bertz CT molecular complexity index is 1090. The number of hydrogen-bond donors (Lipinski definition) is 1. The summed E-state index contributed by atoms with van der Waals surface area (Å²) in [7, 11) is 0. The summed E-state index contributed by atoms with van der Waals surface area (Å²) in [6.07, 6.45) is 2.03. The molecule has 4 rings (SSSR count). The Kier molecular flexibility index (Phi) is 5.57. The van der Waals surface area contributed by atoms with Crippen molar-refractivity contribution >= 4 is 74.0 Å². The van der Waals surface area contributed by atoms with Crippen molar-refractivity contribution in [1.29, 1.82) is 0 Å². The quantitative estimate of drug-likeness (QED) is 0.456. The van der Waals surface area contributed by atoms with Gasteiger partial charge in [-0.1, -0.05) is 60.4 Å². The van der Waals surface area contributed by atoms with Crippen molar-refractivity contribution in [2.75, 3.05) is 11.9 Å². The Morgan fingerprint density at radius 2 is 1.93 bits per heavy atom. The third kappa shape index (κ3) is 4.16. The maximum Gasteiger partial charge on any atom is 0.266 e. The highest BCUT2D eigenvalue weighted by Crippen LogP contribution is 2.33. The molecule has 1 aliphatic heterocycles. The van der Waals surface area contributed by atoms with Crippen molar-refractivity contribution < 1.29 is 9.59 Å². The van der Waals surface area contributed by atoms with Gasteiger partial charge in [-0.15, -0.1) is 11.3 Å². The molecule has 7 heteroatoms. The van der Waals surface area contributed by atoms with Gasteiger partial charge in [0.2, 0.25) is 5.91 Å². The largest absolute Gasteiger partial charge is 0.326 e. The molecule has 2 amide bonds. The molecule has 0 radical (unpaired) electrons. The van der Waals surface area contributed by atoms with Crippen LogP contribution < -0.4 is 5.32 Å². The van der Waals surface area contributed by atoms with Crippen LogP contribution in [-0.4, -0.2) is 27.6 Å². The van der Waals surface area contributed by atoms with E-state index in [9.17, 15) is 9.59 Å². The van der Waals surface area contributed by atoms with Gasteiger partial charge >= 0.3 is 0 Å². The topological polar surface area (TPSA) is 49.4 Å². The number of rotatable bonds is 5. The molecule has 0 unspecified atom stereocenters. The molecule has 1 saturated heterocycles. The molecule has 2 aromatic carbocycles. The summed E-state index contributed by atoms with van der Waals surface area (Å²) in [5, 5.41) is 7.04. The zero-order valence-corrected chi connectivity index (χ0v) is 17.2. The lowest BCUT2D eigenvalue weighted by Crippen LogP contribution is -2.31. The normalized spacial score (nSPS) is 15.6. The fraction of sp³-hybridized carbons (Fsp3) is 0.0952. The molecule has 0 saturated carbocycles. The number of nitrogens with one attached hydrogen (secondary N) is 1. The monoisotopic (exact) mass is 424 g/mol. The lowest BCUT2D eigenvalue weighted by molar-refractivity contribution is -0.122. The van der Waals surface area contributed by atoms with Crippen molar-refractivity contribution in [2.45, 2.75) is 6.42 Å². The molecule has 28 heavy (non-hydrogen) atoms. The van der Waals surface area contributed by atoms with E-state index in [0.29, 0.717) is 9.23 Å². The smallest absolute Gasteiger partial charge is 0.266 e. The standard InChI is InChI=1S/C21H16N2O2S3/c24-19(22-16-8-7-14-4-1-2-5-15(14)12-16)9-10-23-20(25)18(28-21(23)26)13-17-6-3-11-27-17/h1-8,11-13H,9-10H2,(H,22,24)/b18-13-. The predicted molar refractivity (Wildman–Crippen MR) is 121 cm³/mol. The van der Waals surface area contributed by atoms with E-state index in [2.05, 4.69) is 5.32 Å². The number of anilines is 1. The van der Waals surface area contributed by atoms with Gasteiger partial charge in [0.1, 0.15) is 4.32 Å². The van der Waals surface area contributed by atoms with Crippen molar-refractivity contribution in [2.24, 2.45) is 0 Å². The number of nitrogens with zero attached hydrogens (tertiary/aromatic N) is 1. The molecule has 4 nitrogen and oxygen atoms in total. The van der Waals surface area contributed by atoms with Gasteiger partial charge in [-0.3, -0.25) is 14.5 Å². The van der Waals surface area contributed by atoms with E-state index in [1.54, 1.807) is 11.3 Å². The number of fused-ring (bicyclic) bond motifs is 1. The number of benzene rings is 2. The predicted octanol–water partition coefficient (Wildman–Crippen LogP) is 5.13. The minimum atomic E-state index is -0.147. The van der Waals surface area contributed by atoms with Crippen LogP contribution in [0.5, 0.6) is 0 Å². The number of carbonyl (C=O) groups is 2. The Hall–Kier alpha value is -2.48. The molecule has 0 bridgehead atoms. The van der Waals surface area contributed by atoms with Crippen LogP contribution in [0.3, 0.4) is 0 Å². The maximum atomic E-state index is 12.6. The highest BCUT2D eigenvalue weighted by molar-refractivity contribution is 8.26. The van der Waals surface area contributed by atoms with Gasteiger partial charge in [0.05, 0.1) is 4.91 Å². The maximum absolute atomic E-state index is 12.6. The van der Waals surface area contributed by atoms with Crippen LogP contribution in [-0.2, 0) is 9.59 Å². The fourth-order valence-electron chi connectivity index (χ4n) is 2.90. The van der Waals surface area contributed by atoms with Gasteiger partial charge in [-0.2, -0.15) is 0 Å². The van der Waals surface area contributed by atoms with Crippen LogP contribution >= 0.6 is 35.3 Å². The number of amides is 2. The fourth-order valence-corrected chi connectivity index (χ4v) is 4.93. The molecule has 0 atom stereocenters. The van der Waals surface area contributed by atoms with Crippen LogP contribution in [0.4, 0.5) is 5.69 Å². The number of thiocarbonyl (C=S) groups is 1. The zero-order chi connectivity index (χ0) is 19.5. The molecule has 2 heterocycles. The van der Waals surface area contributed by atoms with E-state index in [4.69, 9.17) is 12.2 Å². The first kappa shape index (κ1) is 18.9. The molecule has 1 N–H and O–H groups in total. The summed E-state index contributed by atoms with van der Waals surface area (Å²) in [6.45, 7) is 0.270. The van der Waals surface area contributed by atoms with Gasteiger partial charge < -0.3 is 5.32 Å². The van der Waals surface area contributed by atoms with E-state index < -0.39 is 0 Å². The molecule has 1 fully saturated rings. The third-order valence-corrected chi connectivity index (χ3v) is 6.48. The van der Waals surface area contributed by atoms with Gasteiger partial charge in [-0.25, -0.2) is 0 Å². The van der Waals surface area contributed by atoms with Crippen LogP contribution in [0.1, 0.15) is 11.3 Å². The van der Waals surface area contributed by atoms with E-state index in [1.165, 1.54) is 16.7 Å². The van der Waals surface area contributed by atoms with Gasteiger partial charge in [0, 0.05) is 23.5 Å². The number of thiophene rings is 1. The van der Waals surface area contributed by atoms with E-state index in [0.717, 1.165) is 21.3 Å². The highest BCUT2D eigenvalue weighted by Gasteiger charge is 2.32. The molecular formula is C21H16N2O2S3. The first-order valence-electron chi connectivity index (χ1n) is 8.68. The highest BCUT2D eigenvalue weighted by atomic mass is 32.2. The van der Waals surface area contributed by atoms with E-state index in [-0.39, 0.29) is 24.8 Å². The number of carbonyl (C=O) groups excluding carboxylic acids is 2. The second kappa shape index (κ2) is 8.26. The molecule has 1 aliphatic rings. The number of thioether (sulfide) groups is 1. The van der Waals surface area contributed by atoms with E-state index >= 15 is 0 Å². The minimum Gasteiger partial charge on any atom is -0.326 e. The van der Waals surface area contributed by atoms with Crippen molar-refractivity contribution in [1.82, 2.24) is 4.90 Å². The van der Waals surface area contributed by atoms with Gasteiger partial charge in [-0.05, 0) is 40.4 Å². The van der Waals surface area contributed by atoms with Gasteiger partial charge in [0.15, 0.2) is 0 Å². The van der Waals surface area contributed by atoms with Crippen molar-refractivity contribution in [3.63, 3.8) is 0 Å².